The highest BCUT2D eigenvalue weighted by atomic mass is 32.2. The van der Waals surface area contributed by atoms with Gasteiger partial charge in [-0.15, -0.1) is 0 Å². The molecule has 1 amide bonds. The second-order valence-electron chi connectivity index (χ2n) is 5.90. The van der Waals surface area contributed by atoms with Crippen LogP contribution >= 0.6 is 0 Å². The van der Waals surface area contributed by atoms with Crippen molar-refractivity contribution in [1.29, 1.82) is 0 Å². The molecule has 0 unspecified atom stereocenters. The van der Waals surface area contributed by atoms with Gasteiger partial charge in [-0.25, -0.2) is 13.2 Å². The van der Waals surface area contributed by atoms with E-state index in [9.17, 15) is 18.0 Å². The quantitative estimate of drug-likeness (QED) is 0.502. The van der Waals surface area contributed by atoms with Crippen molar-refractivity contribution in [2.24, 2.45) is 0 Å². The minimum Gasteiger partial charge on any atom is -0.495 e. The van der Waals surface area contributed by atoms with Crippen molar-refractivity contribution in [3.05, 3.63) is 60.2 Å². The largest absolute Gasteiger partial charge is 0.495 e. The molecule has 2 aromatic carbocycles. The highest BCUT2D eigenvalue weighted by molar-refractivity contribution is 7.92. The van der Waals surface area contributed by atoms with E-state index in [1.54, 1.807) is 36.4 Å². The van der Waals surface area contributed by atoms with Crippen LogP contribution in [0.5, 0.6) is 5.75 Å². The van der Waals surface area contributed by atoms with Crippen LogP contribution in [0.4, 0.5) is 5.69 Å². The summed E-state index contributed by atoms with van der Waals surface area (Å²) in [4.78, 5) is 23.1. The van der Waals surface area contributed by atoms with Crippen LogP contribution in [0.3, 0.4) is 0 Å². The third-order valence-corrected chi connectivity index (χ3v) is 5.24. The summed E-state index contributed by atoms with van der Waals surface area (Å²) < 4.78 is 37.7. The molecule has 0 aliphatic heterocycles. The Morgan fingerprint density at radius 3 is 2.34 bits per heavy atom. The van der Waals surface area contributed by atoms with Crippen molar-refractivity contribution in [2.45, 2.75) is 17.9 Å². The van der Waals surface area contributed by atoms with E-state index in [0.717, 1.165) is 6.08 Å². The zero-order chi connectivity index (χ0) is 21.4. The van der Waals surface area contributed by atoms with Crippen LogP contribution < -0.4 is 14.8 Å². The number of amides is 1. The number of para-hydroxylation sites is 2. The van der Waals surface area contributed by atoms with Crippen LogP contribution in [0, 0.1) is 0 Å². The Morgan fingerprint density at radius 1 is 1.07 bits per heavy atom. The predicted octanol–water partition coefficient (Wildman–Crippen LogP) is 2.19. The first-order valence-electron chi connectivity index (χ1n) is 8.63. The Morgan fingerprint density at radius 2 is 1.72 bits per heavy atom. The number of likely N-dealkylation sites (N-methyl/N-ethyl adjacent to an activating group) is 1. The monoisotopic (exact) mass is 418 g/mol. The lowest BCUT2D eigenvalue weighted by Gasteiger charge is -2.11. The third kappa shape index (κ3) is 6.08. The van der Waals surface area contributed by atoms with E-state index in [2.05, 4.69) is 10.0 Å². The van der Waals surface area contributed by atoms with E-state index in [0.29, 0.717) is 17.0 Å². The molecule has 0 saturated heterocycles. The van der Waals surface area contributed by atoms with Gasteiger partial charge in [0.15, 0.2) is 6.10 Å². The lowest BCUT2D eigenvalue weighted by atomic mass is 10.2. The molecule has 29 heavy (non-hydrogen) atoms. The average molecular weight is 418 g/mol. The molecule has 154 valence electrons. The summed E-state index contributed by atoms with van der Waals surface area (Å²) >= 11 is 0. The van der Waals surface area contributed by atoms with E-state index in [-0.39, 0.29) is 4.90 Å². The maximum atomic E-state index is 12.6. The lowest BCUT2D eigenvalue weighted by Crippen LogP contribution is -2.32. The van der Waals surface area contributed by atoms with Gasteiger partial charge >= 0.3 is 5.97 Å². The molecule has 0 aromatic heterocycles. The number of carbonyl (C=O) groups excluding carboxylic acids is 2. The summed E-state index contributed by atoms with van der Waals surface area (Å²) in [7, 11) is -0.914. The summed E-state index contributed by atoms with van der Waals surface area (Å²) in [6, 6.07) is 12.6. The molecule has 0 aliphatic rings. The molecule has 2 N–H and O–H groups in total. The molecule has 0 spiro atoms. The van der Waals surface area contributed by atoms with Crippen molar-refractivity contribution >= 4 is 33.7 Å². The minimum absolute atomic E-state index is 0.0522. The molecule has 9 heteroatoms. The number of anilines is 1. The molecule has 0 saturated carbocycles. The fourth-order valence-corrected chi connectivity index (χ4v) is 3.40. The van der Waals surface area contributed by atoms with Gasteiger partial charge in [0, 0.05) is 13.1 Å². The van der Waals surface area contributed by atoms with Crippen molar-refractivity contribution in [1.82, 2.24) is 5.32 Å². The number of hydrogen-bond donors (Lipinski definition) is 2. The number of methoxy groups -OCH3 is 1. The Hall–Kier alpha value is -3.33. The SMILES string of the molecule is CNC(=O)[C@H](C)OC(=O)/C=C/c1ccc(S(=O)(=O)Nc2ccccc2OC)cc1. The van der Waals surface area contributed by atoms with Crippen LogP contribution in [0.25, 0.3) is 6.08 Å². The second-order valence-corrected chi connectivity index (χ2v) is 7.58. The van der Waals surface area contributed by atoms with Gasteiger partial charge in [0.1, 0.15) is 5.75 Å². The molecule has 0 heterocycles. The number of carbonyl (C=O) groups is 2. The van der Waals surface area contributed by atoms with Gasteiger partial charge < -0.3 is 14.8 Å². The first-order chi connectivity index (χ1) is 13.8. The fourth-order valence-electron chi connectivity index (χ4n) is 2.33. The summed E-state index contributed by atoms with van der Waals surface area (Å²) in [5, 5.41) is 2.38. The van der Waals surface area contributed by atoms with Gasteiger partial charge in [-0.05, 0) is 42.8 Å². The average Bonchev–Trinajstić information content (AvgIpc) is 2.72. The molecule has 8 nitrogen and oxygen atoms in total. The molecule has 1 atom stereocenters. The van der Waals surface area contributed by atoms with Gasteiger partial charge in [0.05, 0.1) is 17.7 Å². The molecule has 0 fully saturated rings. The number of ether oxygens (including phenoxy) is 2. The van der Waals surface area contributed by atoms with Gasteiger partial charge in [-0.1, -0.05) is 24.3 Å². The van der Waals surface area contributed by atoms with Gasteiger partial charge in [-0.3, -0.25) is 9.52 Å². The number of rotatable bonds is 8. The summed E-state index contributed by atoms with van der Waals surface area (Å²) in [6.45, 7) is 1.46. The summed E-state index contributed by atoms with van der Waals surface area (Å²) in [6.07, 6.45) is 1.71. The van der Waals surface area contributed by atoms with Gasteiger partial charge in [0.25, 0.3) is 15.9 Å². The van der Waals surface area contributed by atoms with E-state index < -0.39 is 28.0 Å². The predicted molar refractivity (Wildman–Crippen MR) is 109 cm³/mol. The van der Waals surface area contributed by atoms with Gasteiger partial charge in [-0.2, -0.15) is 0 Å². The number of esters is 1. The first-order valence-corrected chi connectivity index (χ1v) is 10.1. The second kappa shape index (κ2) is 9.74. The Balaban J connectivity index is 2.07. The standard InChI is InChI=1S/C20H22N2O6S/c1-14(20(24)21-2)28-19(23)13-10-15-8-11-16(12-9-15)29(25,26)22-17-6-4-5-7-18(17)27-3/h4-14,22H,1-3H3,(H,21,24)/b13-10+/t14-/m0/s1. The Kier molecular flexibility index (Phi) is 7.38. The normalized spacial score (nSPS) is 12.2. The van der Waals surface area contributed by atoms with Gasteiger partial charge in [0.2, 0.25) is 0 Å². The number of hydrogen-bond acceptors (Lipinski definition) is 6. The molecule has 2 aromatic rings. The van der Waals surface area contributed by atoms with Crippen molar-refractivity contribution < 1.29 is 27.5 Å². The van der Waals surface area contributed by atoms with E-state index >= 15 is 0 Å². The summed E-state index contributed by atoms with van der Waals surface area (Å²) in [5.74, 6) is -0.695. The molecular weight excluding hydrogens is 396 g/mol. The van der Waals surface area contributed by atoms with Crippen molar-refractivity contribution in [3.8, 4) is 5.75 Å². The zero-order valence-electron chi connectivity index (χ0n) is 16.2. The molecular formula is C20H22N2O6S. The van der Waals surface area contributed by atoms with E-state index in [4.69, 9.17) is 9.47 Å². The smallest absolute Gasteiger partial charge is 0.331 e. The fraction of sp³-hybridized carbons (Fsp3) is 0.200. The van der Waals surface area contributed by atoms with Crippen LogP contribution in [0.2, 0.25) is 0 Å². The summed E-state index contributed by atoms with van der Waals surface area (Å²) in [5.41, 5.74) is 0.915. The number of sulfonamides is 1. The lowest BCUT2D eigenvalue weighted by molar-refractivity contribution is -0.149. The zero-order valence-corrected chi connectivity index (χ0v) is 17.0. The number of benzene rings is 2. The topological polar surface area (TPSA) is 111 Å². The minimum atomic E-state index is -3.81. The maximum absolute atomic E-state index is 12.6. The maximum Gasteiger partial charge on any atom is 0.331 e. The highest BCUT2D eigenvalue weighted by Crippen LogP contribution is 2.26. The molecule has 0 radical (unpaired) electrons. The van der Waals surface area contributed by atoms with Crippen LogP contribution in [0.1, 0.15) is 12.5 Å². The van der Waals surface area contributed by atoms with Crippen LogP contribution in [-0.2, 0) is 24.3 Å². The first kappa shape index (κ1) is 22.0. The molecule has 0 bridgehead atoms. The number of nitrogens with one attached hydrogen (secondary N) is 2. The van der Waals surface area contributed by atoms with E-state index in [1.807, 2.05) is 0 Å². The Bertz CT molecular complexity index is 1000. The Labute approximate surface area is 169 Å². The highest BCUT2D eigenvalue weighted by Gasteiger charge is 2.16. The van der Waals surface area contributed by atoms with E-state index in [1.165, 1.54) is 39.3 Å². The van der Waals surface area contributed by atoms with Crippen LogP contribution in [0.15, 0.2) is 59.5 Å². The third-order valence-electron chi connectivity index (χ3n) is 3.86. The van der Waals surface area contributed by atoms with Crippen molar-refractivity contribution in [3.63, 3.8) is 0 Å². The van der Waals surface area contributed by atoms with Crippen LogP contribution in [-0.4, -0.2) is 40.6 Å². The molecule has 2 rings (SSSR count). The molecule has 0 aliphatic carbocycles. The van der Waals surface area contributed by atoms with Crippen molar-refractivity contribution in [2.75, 3.05) is 18.9 Å².